The Labute approximate surface area is 100 Å². The minimum absolute atomic E-state index is 0.00486. The van der Waals surface area contributed by atoms with Gasteiger partial charge in [0.15, 0.2) is 0 Å². The highest BCUT2D eigenvalue weighted by atomic mass is 16.3. The minimum atomic E-state index is 0.00486. The first-order valence-corrected chi connectivity index (χ1v) is 5.58. The molecule has 0 atom stereocenters. The second kappa shape index (κ2) is 5.34. The van der Waals surface area contributed by atoms with Crippen LogP contribution in [0.15, 0.2) is 47.1 Å². The Hall–Kier alpha value is -2.03. The average Bonchev–Trinajstić information content (AvgIpc) is 2.83. The van der Waals surface area contributed by atoms with Crippen LogP contribution in [0, 0.1) is 6.92 Å². The highest BCUT2D eigenvalue weighted by Gasteiger charge is 2.03. The average molecular weight is 229 g/mol. The van der Waals surface area contributed by atoms with Gasteiger partial charge in [-0.3, -0.25) is 4.79 Å². The van der Waals surface area contributed by atoms with Gasteiger partial charge in [-0.25, -0.2) is 0 Å². The Balaban J connectivity index is 1.83. The quantitative estimate of drug-likeness (QED) is 0.875. The molecule has 2 rings (SSSR count). The van der Waals surface area contributed by atoms with Gasteiger partial charge in [-0.05, 0) is 24.6 Å². The zero-order chi connectivity index (χ0) is 12.1. The molecule has 0 saturated heterocycles. The third-order valence-electron chi connectivity index (χ3n) is 2.53. The number of carbonyl (C=O) groups excluding carboxylic acids is 1. The zero-order valence-electron chi connectivity index (χ0n) is 9.77. The van der Waals surface area contributed by atoms with Crippen LogP contribution in [0.3, 0.4) is 0 Å². The summed E-state index contributed by atoms with van der Waals surface area (Å²) < 4.78 is 5.14. The van der Waals surface area contributed by atoms with Crippen molar-refractivity contribution in [2.45, 2.75) is 19.9 Å². The maximum absolute atomic E-state index is 11.6. The lowest BCUT2D eigenvalue weighted by Gasteiger charge is -2.03. The van der Waals surface area contributed by atoms with Crippen LogP contribution in [0.5, 0.6) is 0 Å². The van der Waals surface area contributed by atoms with Gasteiger partial charge in [0.1, 0.15) is 5.76 Å². The third-order valence-corrected chi connectivity index (χ3v) is 2.53. The van der Waals surface area contributed by atoms with Crippen molar-refractivity contribution < 1.29 is 9.21 Å². The number of furan rings is 1. The molecule has 0 aliphatic heterocycles. The van der Waals surface area contributed by atoms with Gasteiger partial charge in [-0.2, -0.15) is 0 Å². The first kappa shape index (κ1) is 11.5. The molecule has 88 valence electrons. The molecular formula is C14H15NO2. The molecule has 0 saturated carbocycles. The van der Waals surface area contributed by atoms with Gasteiger partial charge in [-0.15, -0.1) is 0 Å². The second-order valence-corrected chi connectivity index (χ2v) is 4.02. The van der Waals surface area contributed by atoms with Gasteiger partial charge < -0.3 is 9.73 Å². The standard InChI is InChI=1S/C14H15NO2/c1-11-4-6-12(7-5-11)9-14(16)15-10-13-3-2-8-17-13/h2-8H,9-10H2,1H3,(H,15,16). The van der Waals surface area contributed by atoms with E-state index in [2.05, 4.69) is 5.32 Å². The molecule has 0 fully saturated rings. The second-order valence-electron chi connectivity index (χ2n) is 4.02. The maximum atomic E-state index is 11.6. The summed E-state index contributed by atoms with van der Waals surface area (Å²) in [6.45, 7) is 2.47. The lowest BCUT2D eigenvalue weighted by atomic mass is 10.1. The molecule has 1 heterocycles. The highest BCUT2D eigenvalue weighted by Crippen LogP contribution is 2.04. The molecule has 0 aliphatic carbocycles. The van der Waals surface area contributed by atoms with Crippen molar-refractivity contribution in [1.82, 2.24) is 5.32 Å². The number of benzene rings is 1. The Bertz CT molecular complexity index is 471. The Morgan fingerprint density at radius 2 is 2.00 bits per heavy atom. The summed E-state index contributed by atoms with van der Waals surface area (Å²) in [5, 5.41) is 2.82. The lowest BCUT2D eigenvalue weighted by Crippen LogP contribution is -2.24. The fourth-order valence-electron chi connectivity index (χ4n) is 1.55. The highest BCUT2D eigenvalue weighted by molar-refractivity contribution is 5.78. The number of nitrogens with one attached hydrogen (secondary N) is 1. The molecule has 0 spiro atoms. The predicted molar refractivity (Wildman–Crippen MR) is 65.4 cm³/mol. The fraction of sp³-hybridized carbons (Fsp3) is 0.214. The van der Waals surface area contributed by atoms with Crippen LogP contribution in [0.2, 0.25) is 0 Å². The molecule has 1 aromatic heterocycles. The molecule has 1 amide bonds. The van der Waals surface area contributed by atoms with E-state index in [0.29, 0.717) is 13.0 Å². The van der Waals surface area contributed by atoms with Crippen LogP contribution in [0.1, 0.15) is 16.9 Å². The van der Waals surface area contributed by atoms with E-state index in [1.165, 1.54) is 5.56 Å². The SMILES string of the molecule is Cc1ccc(CC(=O)NCc2ccco2)cc1. The van der Waals surface area contributed by atoms with E-state index < -0.39 is 0 Å². The van der Waals surface area contributed by atoms with Crippen molar-refractivity contribution in [1.29, 1.82) is 0 Å². The van der Waals surface area contributed by atoms with Gasteiger partial charge >= 0.3 is 0 Å². The van der Waals surface area contributed by atoms with Gasteiger partial charge in [0.05, 0.1) is 19.2 Å². The largest absolute Gasteiger partial charge is 0.467 e. The number of rotatable bonds is 4. The predicted octanol–water partition coefficient (Wildman–Crippen LogP) is 2.45. The van der Waals surface area contributed by atoms with Gasteiger partial charge in [0.2, 0.25) is 5.91 Å². The Morgan fingerprint density at radius 1 is 1.24 bits per heavy atom. The molecule has 3 heteroatoms. The first-order chi connectivity index (χ1) is 8.24. The van der Waals surface area contributed by atoms with Crippen molar-refractivity contribution in [2.24, 2.45) is 0 Å². The van der Waals surface area contributed by atoms with Gasteiger partial charge in [-0.1, -0.05) is 29.8 Å². The molecule has 0 aliphatic rings. The van der Waals surface area contributed by atoms with E-state index in [9.17, 15) is 4.79 Å². The van der Waals surface area contributed by atoms with E-state index in [1.807, 2.05) is 43.3 Å². The molecule has 17 heavy (non-hydrogen) atoms. The van der Waals surface area contributed by atoms with E-state index >= 15 is 0 Å². The summed E-state index contributed by atoms with van der Waals surface area (Å²) in [7, 11) is 0. The topological polar surface area (TPSA) is 42.2 Å². The lowest BCUT2D eigenvalue weighted by molar-refractivity contribution is -0.120. The maximum Gasteiger partial charge on any atom is 0.224 e. The number of hydrogen-bond donors (Lipinski definition) is 1. The smallest absolute Gasteiger partial charge is 0.224 e. The Morgan fingerprint density at radius 3 is 2.65 bits per heavy atom. The van der Waals surface area contributed by atoms with Crippen molar-refractivity contribution in [3.63, 3.8) is 0 Å². The van der Waals surface area contributed by atoms with Crippen LogP contribution < -0.4 is 5.32 Å². The molecule has 1 aromatic carbocycles. The van der Waals surface area contributed by atoms with Crippen LogP contribution in [-0.2, 0) is 17.8 Å². The van der Waals surface area contributed by atoms with Gasteiger partial charge in [0, 0.05) is 0 Å². The van der Waals surface area contributed by atoms with E-state index in [4.69, 9.17) is 4.42 Å². The zero-order valence-corrected chi connectivity index (χ0v) is 9.77. The summed E-state index contributed by atoms with van der Waals surface area (Å²) in [6.07, 6.45) is 2.00. The summed E-state index contributed by atoms with van der Waals surface area (Å²) in [4.78, 5) is 11.6. The molecule has 0 unspecified atom stereocenters. The Kier molecular flexibility index (Phi) is 3.60. The monoisotopic (exact) mass is 229 g/mol. The van der Waals surface area contributed by atoms with E-state index in [0.717, 1.165) is 11.3 Å². The number of amides is 1. The summed E-state index contributed by atoms with van der Waals surface area (Å²) >= 11 is 0. The van der Waals surface area contributed by atoms with Crippen molar-refractivity contribution in [2.75, 3.05) is 0 Å². The molecule has 0 bridgehead atoms. The molecule has 3 nitrogen and oxygen atoms in total. The first-order valence-electron chi connectivity index (χ1n) is 5.58. The number of carbonyl (C=O) groups is 1. The summed E-state index contributed by atoms with van der Waals surface area (Å²) in [5.41, 5.74) is 2.22. The van der Waals surface area contributed by atoms with Crippen LogP contribution in [-0.4, -0.2) is 5.91 Å². The third kappa shape index (κ3) is 3.48. The fourth-order valence-corrected chi connectivity index (χ4v) is 1.55. The molecule has 1 N–H and O–H groups in total. The van der Waals surface area contributed by atoms with Crippen molar-refractivity contribution in [3.05, 3.63) is 59.5 Å². The van der Waals surface area contributed by atoms with E-state index in [-0.39, 0.29) is 5.91 Å². The molecule has 0 radical (unpaired) electrons. The van der Waals surface area contributed by atoms with Crippen molar-refractivity contribution in [3.8, 4) is 0 Å². The van der Waals surface area contributed by atoms with E-state index in [1.54, 1.807) is 6.26 Å². The van der Waals surface area contributed by atoms with Crippen LogP contribution >= 0.6 is 0 Å². The van der Waals surface area contributed by atoms with Gasteiger partial charge in [0.25, 0.3) is 0 Å². The molecule has 2 aromatic rings. The summed E-state index contributed by atoms with van der Waals surface area (Å²) in [6, 6.07) is 11.6. The normalized spacial score (nSPS) is 10.2. The van der Waals surface area contributed by atoms with Crippen LogP contribution in [0.4, 0.5) is 0 Å². The molecular weight excluding hydrogens is 214 g/mol. The van der Waals surface area contributed by atoms with Crippen molar-refractivity contribution >= 4 is 5.91 Å². The summed E-state index contributed by atoms with van der Waals surface area (Å²) in [5.74, 6) is 0.771. The number of hydrogen-bond acceptors (Lipinski definition) is 2. The number of aryl methyl sites for hydroxylation is 1. The van der Waals surface area contributed by atoms with Crippen LogP contribution in [0.25, 0.3) is 0 Å². The minimum Gasteiger partial charge on any atom is -0.467 e.